The average Bonchev–Trinajstić information content (AvgIpc) is 3.18. The molecule has 7 rings (SSSR count). The summed E-state index contributed by atoms with van der Waals surface area (Å²) in [7, 11) is 0. The number of fused-ring (bicyclic) bond motifs is 9. The second kappa shape index (κ2) is 6.94. The number of hydrogen-bond donors (Lipinski definition) is 0. The Morgan fingerprint density at radius 2 is 1.03 bits per heavy atom. The van der Waals surface area contributed by atoms with Gasteiger partial charge in [-0.1, -0.05) is 107 Å². The molecule has 1 spiro atoms. The molecule has 156 valence electrons. The Morgan fingerprint density at radius 3 is 1.73 bits per heavy atom. The van der Waals surface area contributed by atoms with Crippen LogP contribution in [-0.4, -0.2) is 0 Å². The second-order valence-corrected chi connectivity index (χ2v) is 9.52. The maximum absolute atomic E-state index is 3.97. The zero-order chi connectivity index (χ0) is 22.0. The smallest absolute Gasteiger partial charge is 0.0765 e. The van der Waals surface area contributed by atoms with Crippen LogP contribution in [-0.2, 0) is 5.41 Å². The number of para-hydroxylation sites is 3. The predicted octanol–water partition coefficient (Wildman–Crippen LogP) is 8.60. The van der Waals surface area contributed by atoms with Gasteiger partial charge in [-0.15, -0.1) is 0 Å². The molecule has 0 fully saturated rings. The Kier molecular flexibility index (Phi) is 3.97. The van der Waals surface area contributed by atoms with Crippen molar-refractivity contribution in [2.45, 2.75) is 5.41 Å². The van der Waals surface area contributed by atoms with Crippen LogP contribution >= 0.6 is 15.9 Å². The van der Waals surface area contributed by atoms with Gasteiger partial charge in [0.15, 0.2) is 0 Å². The van der Waals surface area contributed by atoms with Crippen molar-refractivity contribution in [3.05, 3.63) is 148 Å². The lowest BCUT2D eigenvalue weighted by Crippen LogP contribution is -2.36. The van der Waals surface area contributed by atoms with Crippen molar-refractivity contribution in [1.82, 2.24) is 0 Å². The number of nitrogens with zero attached hydrogens (tertiary/aromatic N) is 1. The van der Waals surface area contributed by atoms with Crippen molar-refractivity contribution in [3.8, 4) is 11.1 Å². The molecule has 1 nitrogen and oxygen atoms in total. The van der Waals surface area contributed by atoms with E-state index in [1.54, 1.807) is 0 Å². The summed E-state index contributed by atoms with van der Waals surface area (Å²) in [5.41, 5.74) is 11.1. The quantitative estimate of drug-likeness (QED) is 0.225. The van der Waals surface area contributed by atoms with E-state index < -0.39 is 0 Å². The molecule has 0 aromatic heterocycles. The lowest BCUT2D eigenvalue weighted by atomic mass is 9.64. The van der Waals surface area contributed by atoms with Gasteiger partial charge in [0.1, 0.15) is 0 Å². The monoisotopic (exact) mass is 485 g/mol. The van der Waals surface area contributed by atoms with Crippen LogP contribution in [0.5, 0.6) is 0 Å². The van der Waals surface area contributed by atoms with E-state index in [1.165, 1.54) is 50.4 Å². The van der Waals surface area contributed by atoms with Crippen molar-refractivity contribution >= 4 is 33.0 Å². The van der Waals surface area contributed by atoms with Crippen molar-refractivity contribution in [1.29, 1.82) is 0 Å². The van der Waals surface area contributed by atoms with Crippen LogP contribution in [0.1, 0.15) is 22.3 Å². The molecule has 0 unspecified atom stereocenters. The molecule has 0 atom stereocenters. The summed E-state index contributed by atoms with van der Waals surface area (Å²) in [6, 6.07) is 44.0. The molecule has 0 saturated heterocycles. The Labute approximate surface area is 202 Å². The van der Waals surface area contributed by atoms with Crippen LogP contribution < -0.4 is 4.90 Å². The zero-order valence-electron chi connectivity index (χ0n) is 17.9. The first kappa shape index (κ1) is 18.9. The third kappa shape index (κ3) is 2.37. The molecule has 5 aromatic carbocycles. The number of anilines is 3. The summed E-state index contributed by atoms with van der Waals surface area (Å²) in [4.78, 5) is 2.41. The summed E-state index contributed by atoms with van der Waals surface area (Å²) in [6.45, 7) is 0. The molecule has 0 amide bonds. The molecule has 0 bridgehead atoms. The molecule has 1 aliphatic carbocycles. The van der Waals surface area contributed by atoms with Gasteiger partial charge in [-0.2, -0.15) is 0 Å². The highest BCUT2D eigenvalue weighted by atomic mass is 79.9. The molecule has 0 radical (unpaired) electrons. The van der Waals surface area contributed by atoms with Gasteiger partial charge in [0.05, 0.1) is 16.8 Å². The standard InChI is InChI=1S/C31H20BrN/c32-27-18-10-14-23-22-13-4-5-15-24(22)31(30(23)27)25-16-6-8-19-28(25)33(21-11-2-1-3-12-21)29-20-9-7-17-26(29)31/h1-20H. The summed E-state index contributed by atoms with van der Waals surface area (Å²) >= 11 is 3.97. The normalized spacial score (nSPS) is 14.4. The topological polar surface area (TPSA) is 3.24 Å². The van der Waals surface area contributed by atoms with Gasteiger partial charge in [0.2, 0.25) is 0 Å². The number of benzene rings is 5. The minimum atomic E-state index is -0.384. The van der Waals surface area contributed by atoms with E-state index in [0.717, 1.165) is 4.47 Å². The largest absolute Gasteiger partial charge is 0.310 e. The third-order valence-corrected chi connectivity index (χ3v) is 7.78. The van der Waals surface area contributed by atoms with E-state index in [2.05, 4.69) is 142 Å². The minimum Gasteiger partial charge on any atom is -0.310 e. The molecule has 33 heavy (non-hydrogen) atoms. The van der Waals surface area contributed by atoms with Gasteiger partial charge >= 0.3 is 0 Å². The van der Waals surface area contributed by atoms with Gasteiger partial charge < -0.3 is 4.90 Å². The first-order valence-corrected chi connectivity index (χ1v) is 12.0. The first-order valence-electron chi connectivity index (χ1n) is 11.2. The fourth-order valence-electron chi connectivity index (χ4n) is 5.97. The third-order valence-electron chi connectivity index (χ3n) is 7.12. The van der Waals surface area contributed by atoms with Gasteiger partial charge in [0, 0.05) is 10.2 Å². The molecule has 1 heterocycles. The van der Waals surface area contributed by atoms with Gasteiger partial charge in [-0.05, 0) is 63.7 Å². The van der Waals surface area contributed by atoms with Crippen LogP contribution in [0.4, 0.5) is 17.1 Å². The van der Waals surface area contributed by atoms with Crippen LogP contribution in [0.3, 0.4) is 0 Å². The van der Waals surface area contributed by atoms with Gasteiger partial charge in [-0.25, -0.2) is 0 Å². The van der Waals surface area contributed by atoms with Crippen LogP contribution in [0.15, 0.2) is 126 Å². The molecular formula is C31H20BrN. The fourth-order valence-corrected chi connectivity index (χ4v) is 6.63. The molecule has 1 aliphatic heterocycles. The molecule has 0 saturated carbocycles. The highest BCUT2D eigenvalue weighted by Gasteiger charge is 2.52. The van der Waals surface area contributed by atoms with E-state index >= 15 is 0 Å². The molecule has 0 N–H and O–H groups in total. The summed E-state index contributed by atoms with van der Waals surface area (Å²) in [5, 5.41) is 0. The number of halogens is 1. The first-order chi connectivity index (χ1) is 16.3. The van der Waals surface area contributed by atoms with Crippen LogP contribution in [0.2, 0.25) is 0 Å². The summed E-state index contributed by atoms with van der Waals surface area (Å²) in [6.07, 6.45) is 0. The fraction of sp³-hybridized carbons (Fsp3) is 0.0323. The molecule has 2 aliphatic rings. The van der Waals surface area contributed by atoms with Gasteiger partial charge in [-0.3, -0.25) is 0 Å². The van der Waals surface area contributed by atoms with E-state index in [1.807, 2.05) is 0 Å². The van der Waals surface area contributed by atoms with Crippen molar-refractivity contribution < 1.29 is 0 Å². The van der Waals surface area contributed by atoms with Crippen LogP contribution in [0, 0.1) is 0 Å². The molecular weight excluding hydrogens is 466 g/mol. The SMILES string of the molecule is Brc1cccc2c1C1(c3ccccc3-2)c2ccccc2N(c2ccccc2)c2ccccc21. The van der Waals surface area contributed by atoms with Crippen molar-refractivity contribution in [2.24, 2.45) is 0 Å². The highest BCUT2D eigenvalue weighted by molar-refractivity contribution is 9.10. The Hall–Kier alpha value is -3.62. The summed E-state index contributed by atoms with van der Waals surface area (Å²) < 4.78 is 1.15. The maximum Gasteiger partial charge on any atom is 0.0765 e. The highest BCUT2D eigenvalue weighted by Crippen LogP contribution is 2.64. The van der Waals surface area contributed by atoms with E-state index in [-0.39, 0.29) is 5.41 Å². The maximum atomic E-state index is 3.97. The lowest BCUT2D eigenvalue weighted by molar-refractivity contribution is 0.749. The van der Waals surface area contributed by atoms with E-state index in [0.29, 0.717) is 0 Å². The van der Waals surface area contributed by atoms with Crippen LogP contribution in [0.25, 0.3) is 11.1 Å². The van der Waals surface area contributed by atoms with Crippen molar-refractivity contribution in [3.63, 3.8) is 0 Å². The van der Waals surface area contributed by atoms with E-state index in [4.69, 9.17) is 0 Å². The summed E-state index contributed by atoms with van der Waals surface area (Å²) in [5.74, 6) is 0. The number of rotatable bonds is 1. The van der Waals surface area contributed by atoms with Gasteiger partial charge in [0.25, 0.3) is 0 Å². The lowest BCUT2D eigenvalue weighted by Gasteiger charge is -2.45. The predicted molar refractivity (Wildman–Crippen MR) is 140 cm³/mol. The minimum absolute atomic E-state index is 0.384. The zero-order valence-corrected chi connectivity index (χ0v) is 19.5. The Morgan fingerprint density at radius 1 is 0.485 bits per heavy atom. The average molecular weight is 486 g/mol. The second-order valence-electron chi connectivity index (χ2n) is 8.66. The molecule has 2 heteroatoms. The Balaban J connectivity index is 1.69. The molecule has 5 aromatic rings. The Bertz CT molecular complexity index is 1490. The van der Waals surface area contributed by atoms with Crippen molar-refractivity contribution in [2.75, 3.05) is 4.90 Å². The number of hydrogen-bond acceptors (Lipinski definition) is 1. The van der Waals surface area contributed by atoms with E-state index in [9.17, 15) is 0 Å².